The van der Waals surface area contributed by atoms with Crippen LogP contribution in [0.4, 0.5) is 0 Å². The molecule has 1 N–H and O–H groups in total. The van der Waals surface area contributed by atoms with Crippen molar-refractivity contribution in [3.8, 4) is 5.75 Å². The fraction of sp³-hybridized carbons (Fsp3) is 0.600. The standard InChI is InChI=1S/C15H25NO2/c1-5-12(2)18-15-8-6-7-14(11-15)13(3)16-9-10-17-4/h6-8,11-13,16H,5,9-10H2,1-4H3/t12-,13-/m1/s1. The molecule has 3 heteroatoms. The Hall–Kier alpha value is -1.06. The zero-order chi connectivity index (χ0) is 13.4. The normalized spacial score (nSPS) is 14.2. The van der Waals surface area contributed by atoms with E-state index in [1.165, 1.54) is 5.56 Å². The third-order valence-electron chi connectivity index (χ3n) is 3.03. The minimum Gasteiger partial charge on any atom is -0.491 e. The second kappa shape index (κ2) is 8.11. The first-order chi connectivity index (χ1) is 8.67. The molecule has 0 unspecified atom stereocenters. The average Bonchev–Trinajstić information content (AvgIpc) is 2.39. The first kappa shape index (κ1) is 15.0. The monoisotopic (exact) mass is 251 g/mol. The smallest absolute Gasteiger partial charge is 0.120 e. The van der Waals surface area contributed by atoms with Crippen LogP contribution in [0.2, 0.25) is 0 Å². The average molecular weight is 251 g/mol. The van der Waals surface area contributed by atoms with Gasteiger partial charge in [-0.1, -0.05) is 19.1 Å². The van der Waals surface area contributed by atoms with Crippen molar-refractivity contribution in [3.05, 3.63) is 29.8 Å². The lowest BCUT2D eigenvalue weighted by molar-refractivity contribution is 0.196. The quantitative estimate of drug-likeness (QED) is 0.720. The Morgan fingerprint density at radius 2 is 2.06 bits per heavy atom. The van der Waals surface area contributed by atoms with Crippen molar-refractivity contribution in [2.75, 3.05) is 20.3 Å². The van der Waals surface area contributed by atoms with E-state index in [2.05, 4.69) is 38.2 Å². The summed E-state index contributed by atoms with van der Waals surface area (Å²) in [5.41, 5.74) is 1.24. The van der Waals surface area contributed by atoms with Gasteiger partial charge in [0.1, 0.15) is 5.75 Å². The van der Waals surface area contributed by atoms with Crippen molar-refractivity contribution in [1.29, 1.82) is 0 Å². The predicted molar refractivity (Wildman–Crippen MR) is 75.1 cm³/mol. The molecule has 0 spiro atoms. The molecule has 0 fully saturated rings. The zero-order valence-electron chi connectivity index (χ0n) is 11.9. The van der Waals surface area contributed by atoms with E-state index in [0.29, 0.717) is 6.04 Å². The van der Waals surface area contributed by atoms with Gasteiger partial charge in [-0.25, -0.2) is 0 Å². The van der Waals surface area contributed by atoms with Gasteiger partial charge in [-0.2, -0.15) is 0 Å². The third-order valence-corrected chi connectivity index (χ3v) is 3.03. The molecule has 0 saturated carbocycles. The molecule has 2 atom stereocenters. The Bertz CT molecular complexity index is 341. The van der Waals surface area contributed by atoms with Gasteiger partial charge >= 0.3 is 0 Å². The molecule has 102 valence electrons. The van der Waals surface area contributed by atoms with Crippen LogP contribution in [0.3, 0.4) is 0 Å². The fourth-order valence-electron chi connectivity index (χ4n) is 1.67. The molecular formula is C15H25NO2. The molecule has 3 nitrogen and oxygen atoms in total. The summed E-state index contributed by atoms with van der Waals surface area (Å²) >= 11 is 0. The number of benzene rings is 1. The minimum absolute atomic E-state index is 0.261. The van der Waals surface area contributed by atoms with Gasteiger partial charge in [-0.05, 0) is 38.0 Å². The van der Waals surface area contributed by atoms with Crippen LogP contribution >= 0.6 is 0 Å². The fourth-order valence-corrected chi connectivity index (χ4v) is 1.67. The molecule has 18 heavy (non-hydrogen) atoms. The summed E-state index contributed by atoms with van der Waals surface area (Å²) in [7, 11) is 1.72. The summed E-state index contributed by atoms with van der Waals surface area (Å²) in [4.78, 5) is 0. The number of methoxy groups -OCH3 is 1. The second-order valence-corrected chi connectivity index (χ2v) is 4.58. The molecule has 1 aromatic rings. The van der Waals surface area contributed by atoms with E-state index < -0.39 is 0 Å². The highest BCUT2D eigenvalue weighted by molar-refractivity contribution is 5.30. The van der Waals surface area contributed by atoms with E-state index in [9.17, 15) is 0 Å². The van der Waals surface area contributed by atoms with Gasteiger partial charge in [0.05, 0.1) is 12.7 Å². The minimum atomic E-state index is 0.261. The van der Waals surface area contributed by atoms with Crippen LogP contribution in [-0.2, 0) is 4.74 Å². The van der Waals surface area contributed by atoms with E-state index in [-0.39, 0.29) is 6.10 Å². The number of nitrogens with one attached hydrogen (secondary N) is 1. The number of hydrogen-bond donors (Lipinski definition) is 1. The summed E-state index contributed by atoms with van der Waals surface area (Å²) in [6.07, 6.45) is 1.28. The first-order valence-electron chi connectivity index (χ1n) is 6.66. The maximum absolute atomic E-state index is 5.83. The van der Waals surface area contributed by atoms with E-state index in [4.69, 9.17) is 9.47 Å². The SMILES string of the molecule is CC[C@@H](C)Oc1cccc([C@@H](C)NCCOC)c1. The van der Waals surface area contributed by atoms with Crippen LogP contribution in [0.5, 0.6) is 5.75 Å². The molecule has 0 aromatic heterocycles. The Labute approximate surface area is 110 Å². The number of ether oxygens (including phenoxy) is 2. The molecule has 0 radical (unpaired) electrons. The lowest BCUT2D eigenvalue weighted by atomic mass is 10.1. The molecule has 0 heterocycles. The molecule has 1 rings (SSSR count). The largest absolute Gasteiger partial charge is 0.491 e. The summed E-state index contributed by atoms with van der Waals surface area (Å²) < 4.78 is 10.9. The van der Waals surface area contributed by atoms with E-state index in [0.717, 1.165) is 25.3 Å². The molecular weight excluding hydrogens is 226 g/mol. The Morgan fingerprint density at radius 3 is 2.72 bits per heavy atom. The zero-order valence-corrected chi connectivity index (χ0v) is 11.9. The Morgan fingerprint density at radius 1 is 1.28 bits per heavy atom. The highest BCUT2D eigenvalue weighted by Gasteiger charge is 2.07. The van der Waals surface area contributed by atoms with Crippen molar-refractivity contribution in [2.45, 2.75) is 39.3 Å². The van der Waals surface area contributed by atoms with Crippen molar-refractivity contribution in [2.24, 2.45) is 0 Å². The van der Waals surface area contributed by atoms with Gasteiger partial charge in [0, 0.05) is 19.7 Å². The molecule has 0 amide bonds. The lowest BCUT2D eigenvalue weighted by Crippen LogP contribution is -2.22. The molecule has 0 saturated heterocycles. The highest BCUT2D eigenvalue weighted by Crippen LogP contribution is 2.20. The Balaban J connectivity index is 2.57. The second-order valence-electron chi connectivity index (χ2n) is 4.58. The van der Waals surface area contributed by atoms with Crippen LogP contribution in [0, 0.1) is 0 Å². The van der Waals surface area contributed by atoms with Crippen molar-refractivity contribution < 1.29 is 9.47 Å². The van der Waals surface area contributed by atoms with Crippen molar-refractivity contribution >= 4 is 0 Å². The predicted octanol–water partition coefficient (Wildman–Crippen LogP) is 3.16. The van der Waals surface area contributed by atoms with Gasteiger partial charge in [-0.3, -0.25) is 0 Å². The number of rotatable bonds is 8. The van der Waals surface area contributed by atoms with Crippen molar-refractivity contribution in [1.82, 2.24) is 5.32 Å². The van der Waals surface area contributed by atoms with Crippen LogP contribution in [0.25, 0.3) is 0 Å². The van der Waals surface area contributed by atoms with Crippen LogP contribution in [0.1, 0.15) is 38.8 Å². The van der Waals surface area contributed by atoms with Gasteiger partial charge in [0.15, 0.2) is 0 Å². The lowest BCUT2D eigenvalue weighted by Gasteiger charge is -2.17. The van der Waals surface area contributed by atoms with Gasteiger partial charge in [0.2, 0.25) is 0 Å². The van der Waals surface area contributed by atoms with Gasteiger partial charge < -0.3 is 14.8 Å². The Kier molecular flexibility index (Phi) is 6.76. The third kappa shape index (κ3) is 5.07. The van der Waals surface area contributed by atoms with E-state index in [1.807, 2.05) is 12.1 Å². The molecule has 0 aliphatic carbocycles. The van der Waals surface area contributed by atoms with Crippen LogP contribution in [0.15, 0.2) is 24.3 Å². The first-order valence-corrected chi connectivity index (χ1v) is 6.66. The van der Waals surface area contributed by atoms with E-state index >= 15 is 0 Å². The summed E-state index contributed by atoms with van der Waals surface area (Å²) in [5.74, 6) is 0.947. The maximum Gasteiger partial charge on any atom is 0.120 e. The molecule has 0 bridgehead atoms. The van der Waals surface area contributed by atoms with Gasteiger partial charge in [0.25, 0.3) is 0 Å². The number of hydrogen-bond acceptors (Lipinski definition) is 3. The molecule has 1 aromatic carbocycles. The molecule has 0 aliphatic heterocycles. The van der Waals surface area contributed by atoms with Crippen molar-refractivity contribution in [3.63, 3.8) is 0 Å². The summed E-state index contributed by atoms with van der Waals surface area (Å²) in [5, 5.41) is 3.41. The molecule has 0 aliphatic rings. The van der Waals surface area contributed by atoms with Crippen LogP contribution < -0.4 is 10.1 Å². The summed E-state index contributed by atoms with van der Waals surface area (Å²) in [6, 6.07) is 8.59. The van der Waals surface area contributed by atoms with E-state index in [1.54, 1.807) is 7.11 Å². The summed E-state index contributed by atoms with van der Waals surface area (Å²) in [6.45, 7) is 7.95. The highest BCUT2D eigenvalue weighted by atomic mass is 16.5. The van der Waals surface area contributed by atoms with Gasteiger partial charge in [-0.15, -0.1) is 0 Å². The topological polar surface area (TPSA) is 30.5 Å². The van der Waals surface area contributed by atoms with Crippen LogP contribution in [-0.4, -0.2) is 26.4 Å². The maximum atomic E-state index is 5.83.